The Bertz CT molecular complexity index is 399. The molecule has 0 bridgehead atoms. The molecule has 1 amide bonds. The Morgan fingerprint density at radius 2 is 2.05 bits per heavy atom. The van der Waals surface area contributed by atoms with Crippen LogP contribution in [-0.2, 0) is 9.59 Å². The SMILES string of the molecule is CCC1(C(=O)O)CCCN(CC(=O)N2CCCC(C)C2)C1. The zero-order chi connectivity index (χ0) is 15.5. The number of nitrogens with zero attached hydrogens (tertiary/aromatic N) is 2. The number of rotatable bonds is 4. The molecule has 2 aliphatic heterocycles. The van der Waals surface area contributed by atoms with Gasteiger partial charge in [0.2, 0.25) is 5.91 Å². The van der Waals surface area contributed by atoms with Gasteiger partial charge >= 0.3 is 5.97 Å². The van der Waals surface area contributed by atoms with Gasteiger partial charge in [-0.15, -0.1) is 0 Å². The van der Waals surface area contributed by atoms with Crippen molar-refractivity contribution in [2.24, 2.45) is 11.3 Å². The number of hydrogen-bond acceptors (Lipinski definition) is 3. The predicted octanol–water partition coefficient (Wildman–Crippen LogP) is 1.82. The average molecular weight is 296 g/mol. The van der Waals surface area contributed by atoms with Crippen LogP contribution >= 0.6 is 0 Å². The highest BCUT2D eigenvalue weighted by atomic mass is 16.4. The van der Waals surface area contributed by atoms with Crippen LogP contribution in [0.4, 0.5) is 0 Å². The van der Waals surface area contributed by atoms with Gasteiger partial charge in [-0.2, -0.15) is 0 Å². The van der Waals surface area contributed by atoms with Crippen molar-refractivity contribution >= 4 is 11.9 Å². The fraction of sp³-hybridized carbons (Fsp3) is 0.875. The van der Waals surface area contributed by atoms with E-state index >= 15 is 0 Å². The van der Waals surface area contributed by atoms with Crippen molar-refractivity contribution in [1.82, 2.24) is 9.80 Å². The molecule has 0 aromatic heterocycles. The third-order valence-electron chi connectivity index (χ3n) is 5.15. The van der Waals surface area contributed by atoms with Gasteiger partial charge in [-0.05, 0) is 44.6 Å². The van der Waals surface area contributed by atoms with Crippen LogP contribution in [0.3, 0.4) is 0 Å². The number of aliphatic carboxylic acids is 1. The Balaban J connectivity index is 1.93. The van der Waals surface area contributed by atoms with Crippen molar-refractivity contribution in [3.8, 4) is 0 Å². The van der Waals surface area contributed by atoms with Crippen LogP contribution in [0.15, 0.2) is 0 Å². The second-order valence-corrected chi connectivity index (χ2v) is 6.84. The zero-order valence-corrected chi connectivity index (χ0v) is 13.3. The lowest BCUT2D eigenvalue weighted by Gasteiger charge is -2.40. The molecule has 1 N–H and O–H groups in total. The summed E-state index contributed by atoms with van der Waals surface area (Å²) in [7, 11) is 0. The van der Waals surface area contributed by atoms with Gasteiger partial charge in [-0.3, -0.25) is 14.5 Å². The first-order valence-corrected chi connectivity index (χ1v) is 8.20. The summed E-state index contributed by atoms with van der Waals surface area (Å²) in [6.45, 7) is 7.55. The van der Waals surface area contributed by atoms with Gasteiger partial charge in [-0.1, -0.05) is 13.8 Å². The van der Waals surface area contributed by atoms with Crippen molar-refractivity contribution in [2.75, 3.05) is 32.7 Å². The lowest BCUT2D eigenvalue weighted by atomic mass is 9.77. The summed E-state index contributed by atoms with van der Waals surface area (Å²) in [5.41, 5.74) is -0.659. The zero-order valence-electron chi connectivity index (χ0n) is 13.3. The highest BCUT2D eigenvalue weighted by Crippen LogP contribution is 2.33. The van der Waals surface area contributed by atoms with Gasteiger partial charge in [0.25, 0.3) is 0 Å². The number of hydrogen-bond donors (Lipinski definition) is 1. The Labute approximate surface area is 127 Å². The van der Waals surface area contributed by atoms with Crippen LogP contribution in [0.25, 0.3) is 0 Å². The molecule has 5 nitrogen and oxygen atoms in total. The molecule has 2 rings (SSSR count). The summed E-state index contributed by atoms with van der Waals surface area (Å²) in [4.78, 5) is 28.0. The van der Waals surface area contributed by atoms with Gasteiger partial charge in [0, 0.05) is 19.6 Å². The van der Waals surface area contributed by atoms with Crippen LogP contribution in [0, 0.1) is 11.3 Å². The number of carboxylic acid groups (broad SMARTS) is 1. The summed E-state index contributed by atoms with van der Waals surface area (Å²) in [6, 6.07) is 0. The van der Waals surface area contributed by atoms with Crippen LogP contribution < -0.4 is 0 Å². The topological polar surface area (TPSA) is 60.9 Å². The number of carbonyl (C=O) groups is 2. The minimum absolute atomic E-state index is 0.166. The molecule has 2 atom stereocenters. The van der Waals surface area contributed by atoms with E-state index in [-0.39, 0.29) is 5.91 Å². The minimum Gasteiger partial charge on any atom is -0.481 e. The van der Waals surface area contributed by atoms with E-state index in [0.717, 1.165) is 38.9 Å². The van der Waals surface area contributed by atoms with Crippen molar-refractivity contribution in [3.63, 3.8) is 0 Å². The normalized spacial score (nSPS) is 31.1. The van der Waals surface area contributed by atoms with Crippen molar-refractivity contribution in [3.05, 3.63) is 0 Å². The predicted molar refractivity (Wildman–Crippen MR) is 81.0 cm³/mol. The maximum absolute atomic E-state index is 12.4. The molecule has 2 saturated heterocycles. The molecule has 0 aromatic carbocycles. The molecule has 5 heteroatoms. The van der Waals surface area contributed by atoms with Crippen LogP contribution in [-0.4, -0.2) is 59.5 Å². The average Bonchev–Trinajstić information content (AvgIpc) is 2.47. The smallest absolute Gasteiger partial charge is 0.310 e. The molecule has 0 aromatic rings. The lowest BCUT2D eigenvalue weighted by Crippen LogP contribution is -2.51. The molecular formula is C16H28N2O3. The first-order chi connectivity index (χ1) is 9.97. The van der Waals surface area contributed by atoms with E-state index in [1.165, 1.54) is 6.42 Å². The summed E-state index contributed by atoms with van der Waals surface area (Å²) >= 11 is 0. The van der Waals surface area contributed by atoms with Crippen LogP contribution in [0.2, 0.25) is 0 Å². The number of piperidine rings is 2. The molecule has 2 aliphatic rings. The van der Waals surface area contributed by atoms with Gasteiger partial charge in [-0.25, -0.2) is 0 Å². The molecule has 0 spiro atoms. The minimum atomic E-state index is -0.714. The summed E-state index contributed by atoms with van der Waals surface area (Å²) in [5.74, 6) is 0.0328. The Morgan fingerprint density at radius 3 is 2.67 bits per heavy atom. The largest absolute Gasteiger partial charge is 0.481 e. The maximum atomic E-state index is 12.4. The second kappa shape index (κ2) is 6.77. The number of amides is 1. The number of likely N-dealkylation sites (tertiary alicyclic amines) is 2. The van der Waals surface area contributed by atoms with Gasteiger partial charge < -0.3 is 10.0 Å². The Kier molecular flexibility index (Phi) is 5.25. The second-order valence-electron chi connectivity index (χ2n) is 6.84. The van der Waals surface area contributed by atoms with E-state index in [4.69, 9.17) is 0 Å². The summed E-state index contributed by atoms with van der Waals surface area (Å²) in [6.07, 6.45) is 4.51. The summed E-state index contributed by atoms with van der Waals surface area (Å²) in [5, 5.41) is 9.50. The van der Waals surface area contributed by atoms with E-state index in [1.807, 2.05) is 16.7 Å². The van der Waals surface area contributed by atoms with Crippen LogP contribution in [0.5, 0.6) is 0 Å². The molecule has 2 heterocycles. The number of carboxylic acids is 1. The molecule has 0 saturated carbocycles. The van der Waals surface area contributed by atoms with Gasteiger partial charge in [0.1, 0.15) is 0 Å². The van der Waals surface area contributed by atoms with Crippen molar-refractivity contribution in [2.45, 2.75) is 46.0 Å². The van der Waals surface area contributed by atoms with E-state index in [2.05, 4.69) is 6.92 Å². The quantitative estimate of drug-likeness (QED) is 0.859. The highest BCUT2D eigenvalue weighted by Gasteiger charge is 2.41. The molecular weight excluding hydrogens is 268 g/mol. The third kappa shape index (κ3) is 3.76. The van der Waals surface area contributed by atoms with E-state index in [0.29, 0.717) is 25.4 Å². The summed E-state index contributed by atoms with van der Waals surface area (Å²) < 4.78 is 0. The molecule has 120 valence electrons. The monoisotopic (exact) mass is 296 g/mol. The molecule has 2 unspecified atom stereocenters. The number of carbonyl (C=O) groups excluding carboxylic acids is 1. The first-order valence-electron chi connectivity index (χ1n) is 8.20. The molecule has 0 aliphatic carbocycles. The van der Waals surface area contributed by atoms with E-state index in [1.54, 1.807) is 0 Å². The fourth-order valence-corrected chi connectivity index (χ4v) is 3.68. The van der Waals surface area contributed by atoms with E-state index in [9.17, 15) is 14.7 Å². The van der Waals surface area contributed by atoms with Gasteiger partial charge in [0.05, 0.1) is 12.0 Å². The Hall–Kier alpha value is -1.10. The van der Waals surface area contributed by atoms with E-state index < -0.39 is 11.4 Å². The lowest BCUT2D eigenvalue weighted by molar-refractivity contribution is -0.154. The third-order valence-corrected chi connectivity index (χ3v) is 5.15. The molecule has 2 fully saturated rings. The van der Waals surface area contributed by atoms with Gasteiger partial charge in [0.15, 0.2) is 0 Å². The highest BCUT2D eigenvalue weighted by molar-refractivity contribution is 5.79. The van der Waals surface area contributed by atoms with Crippen LogP contribution in [0.1, 0.15) is 46.0 Å². The Morgan fingerprint density at radius 1 is 1.29 bits per heavy atom. The maximum Gasteiger partial charge on any atom is 0.310 e. The molecule has 21 heavy (non-hydrogen) atoms. The van der Waals surface area contributed by atoms with Crippen molar-refractivity contribution < 1.29 is 14.7 Å². The first kappa shape index (κ1) is 16.3. The van der Waals surface area contributed by atoms with Crippen molar-refractivity contribution in [1.29, 1.82) is 0 Å². The fourth-order valence-electron chi connectivity index (χ4n) is 3.68. The molecule has 0 radical (unpaired) electrons. The standard InChI is InChI=1S/C16H28N2O3/c1-3-16(15(20)21)7-5-8-17(12-16)11-14(19)18-9-4-6-13(2)10-18/h13H,3-12H2,1-2H3,(H,20,21).